The van der Waals surface area contributed by atoms with Gasteiger partial charge in [-0.15, -0.1) is 0 Å². The first kappa shape index (κ1) is 15.6. The number of Topliss-reactive ketones (excluding diaryl/α,β-unsaturated/α-hetero) is 1. The van der Waals surface area contributed by atoms with Crippen molar-refractivity contribution < 1.29 is 19.5 Å². The first-order valence-corrected chi connectivity index (χ1v) is 5.90. The van der Waals surface area contributed by atoms with Crippen LogP contribution in [0.1, 0.15) is 46.5 Å². The molecule has 0 aromatic heterocycles. The van der Waals surface area contributed by atoms with Crippen molar-refractivity contribution in [1.82, 2.24) is 5.32 Å². The predicted molar refractivity (Wildman–Crippen MR) is 63.6 cm³/mol. The van der Waals surface area contributed by atoms with Crippen LogP contribution in [0.4, 0.5) is 0 Å². The lowest BCUT2D eigenvalue weighted by atomic mass is 10.1. The minimum absolute atomic E-state index is 0.00867. The lowest BCUT2D eigenvalue weighted by Crippen LogP contribution is -2.41. The second kappa shape index (κ2) is 7.81. The fourth-order valence-corrected chi connectivity index (χ4v) is 1.36. The van der Waals surface area contributed by atoms with Gasteiger partial charge >= 0.3 is 5.97 Å². The molecule has 17 heavy (non-hydrogen) atoms. The zero-order chi connectivity index (χ0) is 13.4. The highest BCUT2D eigenvalue weighted by Gasteiger charge is 2.20. The largest absolute Gasteiger partial charge is 0.480 e. The van der Waals surface area contributed by atoms with Crippen molar-refractivity contribution in [3.8, 4) is 0 Å². The summed E-state index contributed by atoms with van der Waals surface area (Å²) in [5.74, 6) is -1.18. The highest BCUT2D eigenvalue weighted by atomic mass is 16.4. The molecule has 0 radical (unpaired) electrons. The summed E-state index contributed by atoms with van der Waals surface area (Å²) in [4.78, 5) is 33.4. The maximum Gasteiger partial charge on any atom is 0.326 e. The Labute approximate surface area is 102 Å². The number of hydrogen-bond acceptors (Lipinski definition) is 3. The van der Waals surface area contributed by atoms with Gasteiger partial charge in [-0.3, -0.25) is 9.59 Å². The van der Waals surface area contributed by atoms with Gasteiger partial charge in [0.05, 0.1) is 0 Å². The van der Waals surface area contributed by atoms with E-state index in [2.05, 4.69) is 5.32 Å². The number of nitrogens with one attached hydrogen (secondary N) is 1. The summed E-state index contributed by atoms with van der Waals surface area (Å²) < 4.78 is 0. The Morgan fingerprint density at radius 1 is 1.24 bits per heavy atom. The SMILES string of the molecule is CCC(=O)CC[C@H](NC(=O)CC(C)C)C(=O)O. The average Bonchev–Trinajstić information content (AvgIpc) is 2.22. The Balaban J connectivity index is 4.20. The van der Waals surface area contributed by atoms with Crippen LogP contribution >= 0.6 is 0 Å². The minimum atomic E-state index is -1.09. The summed E-state index contributed by atoms with van der Waals surface area (Å²) in [6.45, 7) is 5.50. The molecular weight excluding hydrogens is 222 g/mol. The van der Waals surface area contributed by atoms with E-state index in [1.54, 1.807) is 6.92 Å². The van der Waals surface area contributed by atoms with Gasteiger partial charge in [-0.2, -0.15) is 0 Å². The quantitative estimate of drug-likeness (QED) is 0.674. The number of carbonyl (C=O) groups excluding carboxylic acids is 2. The molecule has 0 aromatic carbocycles. The van der Waals surface area contributed by atoms with Crippen LogP contribution in [-0.4, -0.2) is 28.8 Å². The van der Waals surface area contributed by atoms with Crippen LogP contribution < -0.4 is 5.32 Å². The highest BCUT2D eigenvalue weighted by molar-refractivity contribution is 5.84. The molecule has 0 spiro atoms. The molecule has 2 N–H and O–H groups in total. The second-order valence-corrected chi connectivity index (χ2v) is 4.49. The number of aliphatic carboxylic acids is 1. The normalized spacial score (nSPS) is 12.2. The first-order chi connectivity index (χ1) is 7.86. The van der Waals surface area contributed by atoms with Gasteiger partial charge in [-0.25, -0.2) is 4.79 Å². The Bertz CT molecular complexity index is 286. The number of carboxylic acid groups (broad SMARTS) is 1. The Kier molecular flexibility index (Phi) is 7.18. The number of hydrogen-bond donors (Lipinski definition) is 2. The van der Waals surface area contributed by atoms with E-state index >= 15 is 0 Å². The molecule has 0 rings (SSSR count). The van der Waals surface area contributed by atoms with Gasteiger partial charge in [0.2, 0.25) is 5.91 Å². The summed E-state index contributed by atoms with van der Waals surface area (Å²) in [6.07, 6.45) is 1.04. The lowest BCUT2D eigenvalue weighted by molar-refractivity contribution is -0.142. The van der Waals surface area contributed by atoms with Gasteiger partial charge in [0, 0.05) is 19.3 Å². The third kappa shape index (κ3) is 7.49. The molecule has 98 valence electrons. The highest BCUT2D eigenvalue weighted by Crippen LogP contribution is 2.04. The van der Waals surface area contributed by atoms with Crippen LogP contribution in [0.15, 0.2) is 0 Å². The molecule has 0 aliphatic heterocycles. The fourth-order valence-electron chi connectivity index (χ4n) is 1.36. The van der Waals surface area contributed by atoms with E-state index in [-0.39, 0.29) is 30.4 Å². The molecule has 0 saturated heterocycles. The predicted octanol–water partition coefficient (Wildman–Crippen LogP) is 1.36. The van der Waals surface area contributed by atoms with Crippen molar-refractivity contribution in [3.05, 3.63) is 0 Å². The van der Waals surface area contributed by atoms with Crippen LogP contribution in [0.5, 0.6) is 0 Å². The molecule has 1 amide bonds. The number of carboxylic acids is 1. The van der Waals surface area contributed by atoms with Gasteiger partial charge < -0.3 is 10.4 Å². The van der Waals surface area contributed by atoms with E-state index < -0.39 is 12.0 Å². The Hall–Kier alpha value is -1.39. The standard InChI is InChI=1S/C12H21NO4/c1-4-9(14)5-6-10(12(16)17)13-11(15)7-8(2)3/h8,10H,4-7H2,1-3H3,(H,13,15)(H,16,17)/t10-/m0/s1. The number of carbonyl (C=O) groups is 3. The van der Waals surface area contributed by atoms with Gasteiger partial charge in [0.15, 0.2) is 0 Å². The molecule has 5 nitrogen and oxygen atoms in total. The van der Waals surface area contributed by atoms with E-state index in [1.807, 2.05) is 13.8 Å². The molecule has 0 saturated carbocycles. The maximum atomic E-state index is 11.4. The third-order valence-electron chi connectivity index (χ3n) is 2.33. The van der Waals surface area contributed by atoms with Crippen LogP contribution in [-0.2, 0) is 14.4 Å². The molecule has 0 unspecified atom stereocenters. The van der Waals surface area contributed by atoms with Gasteiger partial charge in [0.25, 0.3) is 0 Å². The summed E-state index contributed by atoms with van der Waals surface area (Å²) in [5.41, 5.74) is 0. The molecule has 0 bridgehead atoms. The van der Waals surface area contributed by atoms with Crippen LogP contribution in [0.3, 0.4) is 0 Å². The van der Waals surface area contributed by atoms with E-state index in [4.69, 9.17) is 5.11 Å². The summed E-state index contributed by atoms with van der Waals surface area (Å²) >= 11 is 0. The molecule has 0 fully saturated rings. The van der Waals surface area contributed by atoms with Crippen molar-refractivity contribution in [1.29, 1.82) is 0 Å². The van der Waals surface area contributed by atoms with Crippen LogP contribution in [0.25, 0.3) is 0 Å². The summed E-state index contributed by atoms with van der Waals surface area (Å²) in [7, 11) is 0. The van der Waals surface area contributed by atoms with E-state index in [0.29, 0.717) is 12.8 Å². The van der Waals surface area contributed by atoms with E-state index in [0.717, 1.165) is 0 Å². The zero-order valence-corrected chi connectivity index (χ0v) is 10.7. The number of amides is 1. The van der Waals surface area contributed by atoms with Gasteiger partial charge in [0.1, 0.15) is 11.8 Å². The smallest absolute Gasteiger partial charge is 0.326 e. The maximum absolute atomic E-state index is 11.4. The molecular formula is C12H21NO4. The number of ketones is 1. The zero-order valence-electron chi connectivity index (χ0n) is 10.7. The van der Waals surface area contributed by atoms with Crippen molar-refractivity contribution in [2.45, 2.75) is 52.5 Å². The van der Waals surface area contributed by atoms with Crippen molar-refractivity contribution in [2.24, 2.45) is 5.92 Å². The molecule has 0 aliphatic rings. The fraction of sp³-hybridized carbons (Fsp3) is 0.750. The minimum Gasteiger partial charge on any atom is -0.480 e. The van der Waals surface area contributed by atoms with E-state index in [1.165, 1.54) is 0 Å². The van der Waals surface area contributed by atoms with Gasteiger partial charge in [-0.05, 0) is 12.3 Å². The van der Waals surface area contributed by atoms with Crippen molar-refractivity contribution in [3.63, 3.8) is 0 Å². The Morgan fingerprint density at radius 3 is 2.24 bits per heavy atom. The van der Waals surface area contributed by atoms with Crippen LogP contribution in [0, 0.1) is 5.92 Å². The van der Waals surface area contributed by atoms with Gasteiger partial charge in [-0.1, -0.05) is 20.8 Å². The summed E-state index contributed by atoms with van der Waals surface area (Å²) in [5, 5.41) is 11.4. The van der Waals surface area contributed by atoms with Crippen LogP contribution in [0.2, 0.25) is 0 Å². The van der Waals surface area contributed by atoms with Crippen molar-refractivity contribution >= 4 is 17.7 Å². The first-order valence-electron chi connectivity index (χ1n) is 5.90. The molecule has 0 aliphatic carbocycles. The molecule has 0 aromatic rings. The average molecular weight is 243 g/mol. The molecule has 5 heteroatoms. The number of rotatable bonds is 8. The molecule has 0 heterocycles. The molecule has 1 atom stereocenters. The monoisotopic (exact) mass is 243 g/mol. The lowest BCUT2D eigenvalue weighted by Gasteiger charge is -2.14. The third-order valence-corrected chi connectivity index (χ3v) is 2.33. The second-order valence-electron chi connectivity index (χ2n) is 4.49. The van der Waals surface area contributed by atoms with E-state index in [9.17, 15) is 14.4 Å². The Morgan fingerprint density at radius 2 is 1.82 bits per heavy atom. The summed E-state index contributed by atoms with van der Waals surface area (Å²) in [6, 6.07) is -0.961. The van der Waals surface area contributed by atoms with Crippen molar-refractivity contribution in [2.75, 3.05) is 0 Å². The topological polar surface area (TPSA) is 83.5 Å².